The lowest BCUT2D eigenvalue weighted by Crippen LogP contribution is -2.43. The van der Waals surface area contributed by atoms with Crippen LogP contribution in [0.2, 0.25) is 5.02 Å². The average Bonchev–Trinajstić information content (AvgIpc) is 2.39. The first kappa shape index (κ1) is 16.4. The number of aliphatic hydroxyl groups is 1. The average molecular weight is 306 g/mol. The van der Waals surface area contributed by atoms with Crippen LogP contribution in [0, 0.1) is 5.92 Å². The zero-order valence-electron chi connectivity index (χ0n) is 11.4. The van der Waals surface area contributed by atoms with Crippen LogP contribution in [0.5, 0.6) is 0 Å². The lowest BCUT2D eigenvalue weighted by molar-refractivity contribution is 0.158. The van der Waals surface area contributed by atoms with Crippen molar-refractivity contribution in [2.75, 3.05) is 13.7 Å². The summed E-state index contributed by atoms with van der Waals surface area (Å²) in [4.78, 5) is 0.182. The Morgan fingerprint density at radius 3 is 2.26 bits per heavy atom. The minimum atomic E-state index is -3.61. The first-order valence-corrected chi connectivity index (χ1v) is 8.00. The molecular weight excluding hydrogens is 286 g/mol. The third kappa shape index (κ3) is 3.69. The molecule has 0 amide bonds. The SMILES string of the molecule is CCC(C)C(CO)N(C)S(=O)(=O)c1ccc(Cl)cc1. The van der Waals surface area contributed by atoms with E-state index in [1.54, 1.807) is 12.1 Å². The van der Waals surface area contributed by atoms with E-state index >= 15 is 0 Å². The standard InChI is InChI=1S/C13H20ClNO3S/c1-4-10(2)13(9-16)15(3)19(17,18)12-7-5-11(14)6-8-12/h5-8,10,13,16H,4,9H2,1-3H3. The maximum atomic E-state index is 12.4. The highest BCUT2D eigenvalue weighted by atomic mass is 35.5. The lowest BCUT2D eigenvalue weighted by Gasteiger charge is -2.30. The summed E-state index contributed by atoms with van der Waals surface area (Å²) in [7, 11) is -2.11. The number of aliphatic hydroxyl groups excluding tert-OH is 1. The first-order chi connectivity index (χ1) is 8.84. The molecule has 0 spiro atoms. The fourth-order valence-electron chi connectivity index (χ4n) is 1.88. The molecule has 0 fully saturated rings. The summed E-state index contributed by atoms with van der Waals surface area (Å²) in [6, 6.07) is 5.60. The van der Waals surface area contributed by atoms with Gasteiger partial charge in [0.2, 0.25) is 10.0 Å². The van der Waals surface area contributed by atoms with Gasteiger partial charge in [-0.1, -0.05) is 31.9 Å². The summed E-state index contributed by atoms with van der Waals surface area (Å²) in [5.41, 5.74) is 0. The Morgan fingerprint density at radius 1 is 1.32 bits per heavy atom. The fraction of sp³-hybridized carbons (Fsp3) is 0.538. The predicted molar refractivity (Wildman–Crippen MR) is 76.7 cm³/mol. The van der Waals surface area contributed by atoms with Crippen molar-refractivity contribution in [2.45, 2.75) is 31.2 Å². The minimum absolute atomic E-state index is 0.0806. The molecule has 0 heterocycles. The highest BCUT2D eigenvalue weighted by Crippen LogP contribution is 2.22. The van der Waals surface area contributed by atoms with Gasteiger partial charge in [0.05, 0.1) is 17.5 Å². The third-order valence-corrected chi connectivity index (χ3v) is 5.59. The summed E-state index contributed by atoms with van der Waals surface area (Å²) in [6.07, 6.45) is 0.797. The molecule has 1 rings (SSSR count). The second kappa shape index (κ2) is 6.70. The van der Waals surface area contributed by atoms with E-state index in [9.17, 15) is 13.5 Å². The quantitative estimate of drug-likeness (QED) is 0.878. The maximum absolute atomic E-state index is 12.4. The van der Waals surface area contributed by atoms with Gasteiger partial charge in [0.1, 0.15) is 0 Å². The van der Waals surface area contributed by atoms with Crippen molar-refractivity contribution >= 4 is 21.6 Å². The molecule has 1 aromatic rings. The maximum Gasteiger partial charge on any atom is 0.243 e. The predicted octanol–water partition coefficient (Wildman–Crippen LogP) is 2.37. The third-order valence-electron chi connectivity index (χ3n) is 3.45. The molecule has 2 atom stereocenters. The number of hydrogen-bond donors (Lipinski definition) is 1. The van der Waals surface area contributed by atoms with Crippen LogP contribution in [0.1, 0.15) is 20.3 Å². The second-order valence-corrected chi connectivity index (χ2v) is 7.04. The molecule has 0 aliphatic heterocycles. The summed E-state index contributed by atoms with van der Waals surface area (Å²) in [5.74, 6) is 0.0806. The summed E-state index contributed by atoms with van der Waals surface area (Å²) in [6.45, 7) is 3.70. The minimum Gasteiger partial charge on any atom is -0.395 e. The zero-order chi connectivity index (χ0) is 14.6. The van der Waals surface area contributed by atoms with E-state index in [1.807, 2.05) is 13.8 Å². The number of sulfonamides is 1. The number of halogens is 1. The molecule has 0 radical (unpaired) electrons. The van der Waals surface area contributed by atoms with Gasteiger partial charge in [-0.05, 0) is 30.2 Å². The smallest absolute Gasteiger partial charge is 0.243 e. The Balaban J connectivity index is 3.08. The van der Waals surface area contributed by atoms with E-state index < -0.39 is 16.1 Å². The lowest BCUT2D eigenvalue weighted by atomic mass is 10.0. The van der Waals surface area contributed by atoms with Gasteiger partial charge in [0.15, 0.2) is 0 Å². The largest absolute Gasteiger partial charge is 0.395 e. The van der Waals surface area contributed by atoms with Crippen LogP contribution < -0.4 is 0 Å². The van der Waals surface area contributed by atoms with Gasteiger partial charge in [-0.2, -0.15) is 4.31 Å². The van der Waals surface area contributed by atoms with Gasteiger partial charge in [-0.3, -0.25) is 0 Å². The molecule has 2 unspecified atom stereocenters. The van der Waals surface area contributed by atoms with Crippen LogP contribution in [-0.2, 0) is 10.0 Å². The van der Waals surface area contributed by atoms with E-state index in [4.69, 9.17) is 11.6 Å². The highest BCUT2D eigenvalue weighted by molar-refractivity contribution is 7.89. The van der Waals surface area contributed by atoms with Gasteiger partial charge < -0.3 is 5.11 Å². The summed E-state index contributed by atoms with van der Waals surface area (Å²) >= 11 is 5.76. The van der Waals surface area contributed by atoms with Crippen LogP contribution in [0.4, 0.5) is 0 Å². The van der Waals surface area contributed by atoms with Crippen LogP contribution in [0.15, 0.2) is 29.2 Å². The van der Waals surface area contributed by atoms with E-state index in [0.717, 1.165) is 6.42 Å². The molecule has 1 aromatic carbocycles. The molecule has 0 bridgehead atoms. The van der Waals surface area contributed by atoms with Crippen molar-refractivity contribution in [2.24, 2.45) is 5.92 Å². The number of nitrogens with zero attached hydrogens (tertiary/aromatic N) is 1. The van der Waals surface area contributed by atoms with Gasteiger partial charge in [-0.25, -0.2) is 8.42 Å². The Hall–Kier alpha value is -0.620. The molecule has 4 nitrogen and oxygen atoms in total. The molecule has 0 saturated carbocycles. The molecular formula is C13H20ClNO3S. The molecule has 0 saturated heterocycles. The van der Waals surface area contributed by atoms with E-state index in [-0.39, 0.29) is 17.4 Å². The number of likely N-dealkylation sites (N-methyl/N-ethyl adjacent to an activating group) is 1. The molecule has 0 aliphatic rings. The van der Waals surface area contributed by atoms with Crippen molar-refractivity contribution in [3.8, 4) is 0 Å². The topological polar surface area (TPSA) is 57.6 Å². The van der Waals surface area contributed by atoms with E-state index in [1.165, 1.54) is 23.5 Å². The summed E-state index contributed by atoms with van der Waals surface area (Å²) in [5, 5.41) is 9.91. The Kier molecular flexibility index (Phi) is 5.80. The number of benzene rings is 1. The highest BCUT2D eigenvalue weighted by Gasteiger charge is 2.30. The Labute approximate surface area is 120 Å². The van der Waals surface area contributed by atoms with Gasteiger partial charge >= 0.3 is 0 Å². The Bertz CT molecular complexity index is 501. The van der Waals surface area contributed by atoms with Crippen molar-refractivity contribution in [1.29, 1.82) is 0 Å². The fourth-order valence-corrected chi connectivity index (χ4v) is 3.45. The molecule has 6 heteroatoms. The molecule has 0 aliphatic carbocycles. The monoisotopic (exact) mass is 305 g/mol. The van der Waals surface area contributed by atoms with Crippen molar-refractivity contribution in [3.05, 3.63) is 29.3 Å². The summed E-state index contributed by atoms with van der Waals surface area (Å²) < 4.78 is 26.1. The molecule has 19 heavy (non-hydrogen) atoms. The first-order valence-electron chi connectivity index (χ1n) is 6.19. The van der Waals surface area contributed by atoms with Gasteiger partial charge in [-0.15, -0.1) is 0 Å². The molecule has 0 aromatic heterocycles. The van der Waals surface area contributed by atoms with Gasteiger partial charge in [0, 0.05) is 12.1 Å². The Morgan fingerprint density at radius 2 is 1.84 bits per heavy atom. The van der Waals surface area contributed by atoms with Crippen LogP contribution in [0.3, 0.4) is 0 Å². The second-order valence-electron chi connectivity index (χ2n) is 4.61. The van der Waals surface area contributed by atoms with Crippen LogP contribution in [0.25, 0.3) is 0 Å². The van der Waals surface area contributed by atoms with E-state index in [2.05, 4.69) is 0 Å². The van der Waals surface area contributed by atoms with Crippen LogP contribution in [-0.4, -0.2) is 37.5 Å². The normalized spacial score (nSPS) is 15.5. The van der Waals surface area contributed by atoms with Crippen molar-refractivity contribution in [1.82, 2.24) is 4.31 Å². The molecule has 1 N–H and O–H groups in total. The van der Waals surface area contributed by atoms with E-state index in [0.29, 0.717) is 5.02 Å². The zero-order valence-corrected chi connectivity index (χ0v) is 12.9. The molecule has 108 valence electrons. The number of hydrogen-bond acceptors (Lipinski definition) is 3. The number of rotatable bonds is 6. The van der Waals surface area contributed by atoms with Gasteiger partial charge in [0.25, 0.3) is 0 Å². The van der Waals surface area contributed by atoms with Crippen LogP contribution >= 0.6 is 11.6 Å². The van der Waals surface area contributed by atoms with Crippen molar-refractivity contribution < 1.29 is 13.5 Å². The van der Waals surface area contributed by atoms with Crippen molar-refractivity contribution in [3.63, 3.8) is 0 Å².